The molecule has 1 aromatic heterocycles. The first-order valence-electron chi connectivity index (χ1n) is 8.60. The van der Waals surface area contributed by atoms with Gasteiger partial charge in [0.15, 0.2) is 0 Å². The summed E-state index contributed by atoms with van der Waals surface area (Å²) < 4.78 is 13.3. The zero-order chi connectivity index (χ0) is 19.7. The Balaban J connectivity index is 1.58. The van der Waals surface area contributed by atoms with E-state index in [-0.39, 0.29) is 24.1 Å². The topological polar surface area (TPSA) is 62.3 Å². The zero-order valence-corrected chi connectivity index (χ0v) is 15.8. The number of anilines is 2. The van der Waals surface area contributed by atoms with Crippen molar-refractivity contribution in [3.05, 3.63) is 77.7 Å². The average Bonchev–Trinajstić information content (AvgIpc) is 2.77. The van der Waals surface area contributed by atoms with Crippen molar-refractivity contribution in [1.82, 2.24) is 4.98 Å². The van der Waals surface area contributed by atoms with Gasteiger partial charge in [0.1, 0.15) is 10.8 Å². The Bertz CT molecular complexity index is 1090. The molecule has 1 N–H and O–H groups in total. The minimum absolute atomic E-state index is 0.0742. The number of amides is 2. The van der Waals surface area contributed by atoms with Crippen LogP contribution in [0.3, 0.4) is 0 Å². The molecule has 140 valence electrons. The van der Waals surface area contributed by atoms with Gasteiger partial charge in [0, 0.05) is 23.8 Å². The molecule has 2 amide bonds. The molecule has 1 aliphatic heterocycles. The molecule has 5 nitrogen and oxygen atoms in total. The number of benzene rings is 2. The van der Waals surface area contributed by atoms with E-state index >= 15 is 0 Å². The molecule has 0 atom stereocenters. The first-order valence-corrected chi connectivity index (χ1v) is 9.42. The van der Waals surface area contributed by atoms with Gasteiger partial charge in [-0.1, -0.05) is 23.9 Å². The first-order chi connectivity index (χ1) is 13.5. The van der Waals surface area contributed by atoms with Crippen molar-refractivity contribution in [2.45, 2.75) is 16.3 Å². The van der Waals surface area contributed by atoms with Crippen LogP contribution in [0.15, 0.2) is 70.7 Å². The normalized spacial score (nSPS) is 12.8. The van der Waals surface area contributed by atoms with Gasteiger partial charge < -0.3 is 10.2 Å². The number of fused-ring (bicyclic) bond motifs is 2. The molecule has 0 radical (unpaired) electrons. The summed E-state index contributed by atoms with van der Waals surface area (Å²) in [5.74, 6) is -0.741. The van der Waals surface area contributed by atoms with E-state index in [0.717, 1.165) is 10.6 Å². The third kappa shape index (κ3) is 3.61. The molecular weight excluding hydrogens is 377 g/mol. The molecule has 1 aliphatic rings. The number of rotatable bonds is 3. The Morgan fingerprint density at radius 2 is 2.04 bits per heavy atom. The van der Waals surface area contributed by atoms with E-state index in [9.17, 15) is 14.0 Å². The van der Waals surface area contributed by atoms with Crippen LogP contribution in [0.5, 0.6) is 0 Å². The second-order valence-corrected chi connectivity index (χ2v) is 7.39. The Morgan fingerprint density at radius 1 is 1.18 bits per heavy atom. The Hall–Kier alpha value is -3.19. The maximum absolute atomic E-state index is 13.3. The van der Waals surface area contributed by atoms with E-state index in [1.54, 1.807) is 54.5 Å². The molecule has 2 heterocycles. The fourth-order valence-corrected chi connectivity index (χ4v) is 4.10. The molecule has 28 heavy (non-hydrogen) atoms. The molecule has 3 aromatic rings. The smallest absolute Gasteiger partial charge is 0.260 e. The monoisotopic (exact) mass is 393 g/mol. The van der Waals surface area contributed by atoms with Crippen molar-refractivity contribution < 1.29 is 14.0 Å². The van der Waals surface area contributed by atoms with Crippen molar-refractivity contribution in [2.24, 2.45) is 0 Å². The predicted octanol–water partition coefficient (Wildman–Crippen LogP) is 4.14. The number of aromatic nitrogens is 1. The summed E-state index contributed by atoms with van der Waals surface area (Å²) in [4.78, 5) is 31.7. The molecule has 2 aromatic carbocycles. The van der Waals surface area contributed by atoms with Gasteiger partial charge in [-0.05, 0) is 48.0 Å². The van der Waals surface area contributed by atoms with Crippen LogP contribution in [0.4, 0.5) is 15.8 Å². The van der Waals surface area contributed by atoms with Crippen LogP contribution >= 0.6 is 11.8 Å². The molecule has 0 spiro atoms. The number of hydrogen-bond donors (Lipinski definition) is 1. The van der Waals surface area contributed by atoms with Gasteiger partial charge in [-0.15, -0.1) is 0 Å². The standard InChI is InChI=1S/C21H16FN3O2S/c1-25-17-8-7-15(24-19(26)11-13-4-2-5-14(22)10-13)12-18(17)28-20-16(21(25)27)6-3-9-23-20/h2-10,12H,11H2,1H3,(H,24,26). The van der Waals surface area contributed by atoms with Crippen LogP contribution < -0.4 is 10.2 Å². The summed E-state index contributed by atoms with van der Waals surface area (Å²) in [6, 6.07) is 14.8. The lowest BCUT2D eigenvalue weighted by Gasteiger charge is -2.18. The van der Waals surface area contributed by atoms with Gasteiger partial charge in [-0.3, -0.25) is 9.59 Å². The number of pyridine rings is 1. The molecule has 0 bridgehead atoms. The molecule has 0 fully saturated rings. The molecule has 0 saturated carbocycles. The number of nitrogens with one attached hydrogen (secondary N) is 1. The van der Waals surface area contributed by atoms with Crippen molar-refractivity contribution >= 4 is 35.0 Å². The Morgan fingerprint density at radius 3 is 2.86 bits per heavy atom. The van der Waals surface area contributed by atoms with E-state index in [1.807, 2.05) is 6.07 Å². The number of carbonyl (C=O) groups excluding carboxylic acids is 2. The highest BCUT2D eigenvalue weighted by atomic mass is 32.2. The van der Waals surface area contributed by atoms with Crippen LogP contribution in [-0.2, 0) is 11.2 Å². The van der Waals surface area contributed by atoms with E-state index in [2.05, 4.69) is 10.3 Å². The van der Waals surface area contributed by atoms with Crippen molar-refractivity contribution in [2.75, 3.05) is 17.3 Å². The van der Waals surface area contributed by atoms with Crippen LogP contribution in [-0.4, -0.2) is 23.8 Å². The van der Waals surface area contributed by atoms with Gasteiger partial charge in [-0.25, -0.2) is 9.37 Å². The fourth-order valence-electron chi connectivity index (χ4n) is 3.02. The maximum Gasteiger partial charge on any atom is 0.260 e. The lowest BCUT2D eigenvalue weighted by molar-refractivity contribution is -0.115. The van der Waals surface area contributed by atoms with Gasteiger partial charge in [-0.2, -0.15) is 0 Å². The van der Waals surface area contributed by atoms with Gasteiger partial charge in [0.25, 0.3) is 5.91 Å². The molecule has 0 aliphatic carbocycles. The van der Waals surface area contributed by atoms with Crippen molar-refractivity contribution in [1.29, 1.82) is 0 Å². The third-order valence-corrected chi connectivity index (χ3v) is 5.44. The SMILES string of the molecule is CN1C(=O)c2cccnc2Sc2cc(NC(=O)Cc3cccc(F)c3)ccc21. The van der Waals surface area contributed by atoms with E-state index in [4.69, 9.17) is 0 Å². The number of hydrogen-bond acceptors (Lipinski definition) is 4. The van der Waals surface area contributed by atoms with Crippen LogP contribution in [0, 0.1) is 5.82 Å². The zero-order valence-electron chi connectivity index (χ0n) is 15.0. The molecule has 0 saturated heterocycles. The number of carbonyl (C=O) groups is 2. The summed E-state index contributed by atoms with van der Waals surface area (Å²) >= 11 is 1.38. The summed E-state index contributed by atoms with van der Waals surface area (Å²) in [5, 5.41) is 3.46. The maximum atomic E-state index is 13.3. The largest absolute Gasteiger partial charge is 0.326 e. The highest BCUT2D eigenvalue weighted by molar-refractivity contribution is 7.99. The Kier molecular flexibility index (Phi) is 4.83. The number of nitrogens with zero attached hydrogens (tertiary/aromatic N) is 2. The molecular formula is C21H16FN3O2S. The molecule has 7 heteroatoms. The van der Waals surface area contributed by atoms with Crippen LogP contribution in [0.25, 0.3) is 0 Å². The molecule has 4 rings (SSSR count). The van der Waals surface area contributed by atoms with Crippen molar-refractivity contribution in [3.8, 4) is 0 Å². The quantitative estimate of drug-likeness (QED) is 0.726. The summed E-state index contributed by atoms with van der Waals surface area (Å²) in [7, 11) is 1.71. The van der Waals surface area contributed by atoms with Crippen LogP contribution in [0.1, 0.15) is 15.9 Å². The minimum atomic E-state index is -0.370. The first kappa shape index (κ1) is 18.2. The number of halogens is 1. The van der Waals surface area contributed by atoms with Crippen LogP contribution in [0.2, 0.25) is 0 Å². The molecule has 0 unspecified atom stereocenters. The fraction of sp³-hybridized carbons (Fsp3) is 0.0952. The van der Waals surface area contributed by atoms with Gasteiger partial charge in [0.05, 0.1) is 17.7 Å². The predicted molar refractivity (Wildman–Crippen MR) is 106 cm³/mol. The van der Waals surface area contributed by atoms with Gasteiger partial charge in [0.2, 0.25) is 5.91 Å². The summed E-state index contributed by atoms with van der Waals surface area (Å²) in [6.07, 6.45) is 1.72. The third-order valence-electron chi connectivity index (χ3n) is 4.37. The lowest BCUT2D eigenvalue weighted by atomic mass is 10.1. The highest BCUT2D eigenvalue weighted by Gasteiger charge is 2.25. The highest BCUT2D eigenvalue weighted by Crippen LogP contribution is 2.41. The van der Waals surface area contributed by atoms with E-state index in [1.165, 1.54) is 23.9 Å². The minimum Gasteiger partial charge on any atom is -0.326 e. The Labute approximate surface area is 165 Å². The summed E-state index contributed by atoms with van der Waals surface area (Å²) in [5.41, 5.74) is 2.50. The second kappa shape index (κ2) is 7.44. The van der Waals surface area contributed by atoms with E-state index in [0.29, 0.717) is 21.8 Å². The lowest BCUT2D eigenvalue weighted by Crippen LogP contribution is -2.26. The average molecular weight is 393 g/mol. The summed E-state index contributed by atoms with van der Waals surface area (Å²) in [6.45, 7) is 0. The van der Waals surface area contributed by atoms with Crippen molar-refractivity contribution in [3.63, 3.8) is 0 Å². The van der Waals surface area contributed by atoms with E-state index < -0.39 is 0 Å². The van der Waals surface area contributed by atoms with Gasteiger partial charge >= 0.3 is 0 Å². The second-order valence-electron chi connectivity index (χ2n) is 6.36.